The minimum atomic E-state index is 0.602. The number of rotatable bonds is 7. The predicted molar refractivity (Wildman–Crippen MR) is 90.4 cm³/mol. The summed E-state index contributed by atoms with van der Waals surface area (Å²) >= 11 is 0. The highest BCUT2D eigenvalue weighted by Gasteiger charge is 2.06. The number of imidazole rings is 1. The molecule has 1 aromatic heterocycles. The zero-order valence-corrected chi connectivity index (χ0v) is 13.5. The molecule has 4 nitrogen and oxygen atoms in total. The van der Waals surface area contributed by atoms with E-state index in [1.807, 2.05) is 12.4 Å². The lowest BCUT2D eigenvalue weighted by atomic mass is 10.2. The summed E-state index contributed by atoms with van der Waals surface area (Å²) in [4.78, 5) is 6.73. The molecule has 1 aromatic carbocycles. The number of nitrogens with one attached hydrogen (secondary N) is 1. The van der Waals surface area contributed by atoms with Gasteiger partial charge >= 0.3 is 0 Å². The lowest BCUT2D eigenvalue weighted by Crippen LogP contribution is -2.21. The van der Waals surface area contributed by atoms with Crippen LogP contribution in [-0.4, -0.2) is 22.6 Å². The summed E-state index contributed by atoms with van der Waals surface area (Å²) in [5.41, 5.74) is 2.33. The van der Waals surface area contributed by atoms with Gasteiger partial charge in [-0.3, -0.25) is 0 Å². The molecule has 0 unspecified atom stereocenters. The fraction of sp³-hybridized carbons (Fsp3) is 0.471. The molecule has 0 saturated carbocycles. The summed E-state index contributed by atoms with van der Waals surface area (Å²) < 4.78 is 2.16. The van der Waals surface area contributed by atoms with Gasteiger partial charge in [-0.25, -0.2) is 4.98 Å². The molecule has 0 aliphatic carbocycles. The van der Waals surface area contributed by atoms with Crippen LogP contribution in [0.3, 0.4) is 0 Å². The lowest BCUT2D eigenvalue weighted by molar-refractivity contribution is 0.527. The van der Waals surface area contributed by atoms with Gasteiger partial charge in [0.1, 0.15) is 0 Å². The highest BCUT2D eigenvalue weighted by atomic mass is 15.2. The second-order valence-electron chi connectivity index (χ2n) is 5.64. The molecule has 0 spiro atoms. The van der Waals surface area contributed by atoms with Crippen molar-refractivity contribution in [1.82, 2.24) is 9.55 Å². The summed E-state index contributed by atoms with van der Waals surface area (Å²) in [6, 6.07) is 8.54. The van der Waals surface area contributed by atoms with E-state index in [9.17, 15) is 0 Å². The van der Waals surface area contributed by atoms with E-state index in [2.05, 4.69) is 71.7 Å². The quantitative estimate of drug-likeness (QED) is 0.831. The number of aromatic nitrogens is 2. The monoisotopic (exact) mass is 286 g/mol. The second-order valence-corrected chi connectivity index (χ2v) is 5.64. The largest absolute Gasteiger partial charge is 0.372 e. The Hall–Kier alpha value is -1.97. The molecule has 1 heterocycles. The topological polar surface area (TPSA) is 33.1 Å². The molecule has 0 bridgehead atoms. The number of nitrogens with zero attached hydrogens (tertiary/aromatic N) is 3. The summed E-state index contributed by atoms with van der Waals surface area (Å²) in [6.45, 7) is 11.8. The van der Waals surface area contributed by atoms with E-state index in [0.717, 1.165) is 31.3 Å². The van der Waals surface area contributed by atoms with E-state index in [4.69, 9.17) is 0 Å². The number of hydrogen-bond acceptors (Lipinski definition) is 3. The van der Waals surface area contributed by atoms with Crippen LogP contribution in [0.25, 0.3) is 0 Å². The smallest absolute Gasteiger partial charge is 0.207 e. The third-order valence-corrected chi connectivity index (χ3v) is 3.53. The van der Waals surface area contributed by atoms with Crippen molar-refractivity contribution in [2.24, 2.45) is 5.92 Å². The van der Waals surface area contributed by atoms with Crippen molar-refractivity contribution in [3.05, 3.63) is 36.7 Å². The van der Waals surface area contributed by atoms with E-state index >= 15 is 0 Å². The van der Waals surface area contributed by atoms with Gasteiger partial charge in [0.05, 0.1) is 0 Å². The first-order valence-electron chi connectivity index (χ1n) is 7.77. The SMILES string of the molecule is CCN(CC)c1ccc(Nc2nccn2CC(C)C)cc1. The van der Waals surface area contributed by atoms with Crippen molar-refractivity contribution in [2.75, 3.05) is 23.3 Å². The minimum Gasteiger partial charge on any atom is -0.372 e. The van der Waals surface area contributed by atoms with Crippen LogP contribution in [0.4, 0.5) is 17.3 Å². The summed E-state index contributed by atoms with van der Waals surface area (Å²) in [7, 11) is 0. The van der Waals surface area contributed by atoms with Crippen molar-refractivity contribution in [1.29, 1.82) is 0 Å². The maximum atomic E-state index is 4.40. The van der Waals surface area contributed by atoms with E-state index in [1.54, 1.807) is 0 Å². The van der Waals surface area contributed by atoms with E-state index in [0.29, 0.717) is 5.92 Å². The Morgan fingerprint density at radius 3 is 2.38 bits per heavy atom. The molecule has 114 valence electrons. The van der Waals surface area contributed by atoms with Gasteiger partial charge in [-0.15, -0.1) is 0 Å². The van der Waals surface area contributed by atoms with Crippen LogP contribution in [-0.2, 0) is 6.54 Å². The predicted octanol–water partition coefficient (Wildman–Crippen LogP) is 4.13. The molecule has 0 radical (unpaired) electrons. The van der Waals surface area contributed by atoms with Crippen molar-refractivity contribution < 1.29 is 0 Å². The fourth-order valence-electron chi connectivity index (χ4n) is 2.45. The molecule has 2 aromatic rings. The van der Waals surface area contributed by atoms with Gasteiger partial charge in [-0.05, 0) is 44.0 Å². The Morgan fingerprint density at radius 2 is 1.81 bits per heavy atom. The normalized spacial score (nSPS) is 10.9. The van der Waals surface area contributed by atoms with Crippen molar-refractivity contribution in [2.45, 2.75) is 34.2 Å². The molecule has 0 fully saturated rings. The van der Waals surface area contributed by atoms with Gasteiger partial charge in [0, 0.05) is 43.4 Å². The van der Waals surface area contributed by atoms with Crippen LogP contribution < -0.4 is 10.2 Å². The molecule has 4 heteroatoms. The summed E-state index contributed by atoms with van der Waals surface area (Å²) in [5, 5.41) is 3.39. The fourth-order valence-corrected chi connectivity index (χ4v) is 2.45. The minimum absolute atomic E-state index is 0.602. The van der Waals surface area contributed by atoms with Crippen molar-refractivity contribution in [3.63, 3.8) is 0 Å². The molecule has 21 heavy (non-hydrogen) atoms. The zero-order valence-electron chi connectivity index (χ0n) is 13.5. The lowest BCUT2D eigenvalue weighted by Gasteiger charge is -2.21. The molecule has 1 N–H and O–H groups in total. The average molecular weight is 286 g/mol. The molecule has 0 aliphatic heterocycles. The van der Waals surface area contributed by atoms with Crippen LogP contribution >= 0.6 is 0 Å². The summed E-state index contributed by atoms with van der Waals surface area (Å²) in [5.74, 6) is 1.50. The molecule has 0 saturated heterocycles. The first-order chi connectivity index (χ1) is 10.1. The zero-order chi connectivity index (χ0) is 15.2. The van der Waals surface area contributed by atoms with Crippen LogP contribution in [0.5, 0.6) is 0 Å². The second kappa shape index (κ2) is 7.16. The summed E-state index contributed by atoms with van der Waals surface area (Å²) in [6.07, 6.45) is 3.86. The van der Waals surface area contributed by atoms with E-state index < -0.39 is 0 Å². The Balaban J connectivity index is 2.08. The molecule has 0 aliphatic rings. The van der Waals surface area contributed by atoms with Crippen LogP contribution in [0.15, 0.2) is 36.7 Å². The maximum absolute atomic E-state index is 4.40. The Kier molecular flexibility index (Phi) is 5.26. The highest BCUT2D eigenvalue weighted by molar-refractivity contribution is 5.59. The molecule has 2 rings (SSSR count). The average Bonchev–Trinajstić information content (AvgIpc) is 2.88. The molecular weight excluding hydrogens is 260 g/mol. The van der Waals surface area contributed by atoms with Crippen molar-refractivity contribution >= 4 is 17.3 Å². The standard InChI is InChI=1S/C17H26N4/c1-5-20(6-2)16-9-7-15(8-10-16)19-17-18-11-12-21(17)13-14(3)4/h7-12,14H,5-6,13H2,1-4H3,(H,18,19). The molecule has 0 amide bonds. The number of anilines is 3. The number of hydrogen-bond donors (Lipinski definition) is 1. The number of benzene rings is 1. The third-order valence-electron chi connectivity index (χ3n) is 3.53. The van der Waals surface area contributed by atoms with Crippen LogP contribution in [0.1, 0.15) is 27.7 Å². The Morgan fingerprint density at radius 1 is 1.14 bits per heavy atom. The van der Waals surface area contributed by atoms with E-state index in [-0.39, 0.29) is 0 Å². The van der Waals surface area contributed by atoms with Gasteiger partial charge in [0.15, 0.2) is 0 Å². The van der Waals surface area contributed by atoms with Gasteiger partial charge in [0.25, 0.3) is 0 Å². The third kappa shape index (κ3) is 4.00. The Labute approximate surface area is 127 Å². The molecule has 0 atom stereocenters. The first kappa shape index (κ1) is 15.4. The molecular formula is C17H26N4. The van der Waals surface area contributed by atoms with Gasteiger partial charge in [-0.1, -0.05) is 13.8 Å². The van der Waals surface area contributed by atoms with Gasteiger partial charge in [-0.2, -0.15) is 0 Å². The maximum Gasteiger partial charge on any atom is 0.207 e. The first-order valence-corrected chi connectivity index (χ1v) is 7.77. The highest BCUT2D eigenvalue weighted by Crippen LogP contribution is 2.20. The van der Waals surface area contributed by atoms with Crippen molar-refractivity contribution in [3.8, 4) is 0 Å². The van der Waals surface area contributed by atoms with E-state index in [1.165, 1.54) is 5.69 Å². The van der Waals surface area contributed by atoms with Crippen LogP contribution in [0.2, 0.25) is 0 Å². The van der Waals surface area contributed by atoms with Gasteiger partial charge < -0.3 is 14.8 Å². The van der Waals surface area contributed by atoms with Crippen LogP contribution in [0, 0.1) is 5.92 Å². The Bertz CT molecular complexity index is 538. The van der Waals surface area contributed by atoms with Gasteiger partial charge in [0.2, 0.25) is 5.95 Å².